The largest absolute Gasteiger partial charge is 0.391 e. The first-order valence-electron chi connectivity index (χ1n) is 7.53. The van der Waals surface area contributed by atoms with Crippen LogP contribution in [0, 0.1) is 5.92 Å². The normalized spacial score (nSPS) is 21.2. The second-order valence-corrected chi connectivity index (χ2v) is 6.03. The standard InChI is InChI=1S/C14H26F3N3O/c1-3-7-19-13(2,12(18)21)6-10-20-8-4-11(5-9-20)14(15,16)17/h11,19H,3-10H2,1-2H3,(H2,18,21). The van der Waals surface area contributed by atoms with Crippen molar-refractivity contribution in [1.82, 2.24) is 10.2 Å². The molecule has 3 N–H and O–H groups in total. The van der Waals surface area contributed by atoms with Crippen molar-refractivity contribution < 1.29 is 18.0 Å². The fraction of sp³-hybridized carbons (Fsp3) is 0.929. The number of alkyl halides is 3. The molecule has 1 saturated heterocycles. The number of carbonyl (C=O) groups excluding carboxylic acids is 1. The van der Waals surface area contributed by atoms with Crippen molar-refractivity contribution in [1.29, 1.82) is 0 Å². The van der Waals surface area contributed by atoms with Crippen molar-refractivity contribution in [2.45, 2.75) is 51.2 Å². The minimum absolute atomic E-state index is 0.138. The average Bonchev–Trinajstić information content (AvgIpc) is 2.42. The van der Waals surface area contributed by atoms with Crippen LogP contribution in [-0.4, -0.2) is 48.7 Å². The van der Waals surface area contributed by atoms with Crippen LogP contribution < -0.4 is 11.1 Å². The van der Waals surface area contributed by atoms with Gasteiger partial charge in [-0.15, -0.1) is 0 Å². The van der Waals surface area contributed by atoms with Crippen molar-refractivity contribution in [3.8, 4) is 0 Å². The number of primary amides is 1. The van der Waals surface area contributed by atoms with Gasteiger partial charge in [0.15, 0.2) is 0 Å². The first kappa shape index (κ1) is 18.2. The van der Waals surface area contributed by atoms with Gasteiger partial charge in [-0.2, -0.15) is 13.2 Å². The molecule has 1 fully saturated rings. The number of likely N-dealkylation sites (tertiary alicyclic amines) is 1. The number of halogens is 3. The second kappa shape index (κ2) is 7.45. The summed E-state index contributed by atoms with van der Waals surface area (Å²) in [5.74, 6) is -1.60. The van der Waals surface area contributed by atoms with Gasteiger partial charge in [-0.25, -0.2) is 0 Å². The van der Waals surface area contributed by atoms with E-state index in [1.54, 1.807) is 6.92 Å². The molecule has 0 aromatic carbocycles. The van der Waals surface area contributed by atoms with E-state index in [9.17, 15) is 18.0 Å². The van der Waals surface area contributed by atoms with Gasteiger partial charge in [-0.3, -0.25) is 4.79 Å². The highest BCUT2D eigenvalue weighted by atomic mass is 19.4. The lowest BCUT2D eigenvalue weighted by atomic mass is 9.93. The maximum Gasteiger partial charge on any atom is 0.391 e. The van der Waals surface area contributed by atoms with E-state index in [0.29, 0.717) is 32.6 Å². The van der Waals surface area contributed by atoms with Crippen molar-refractivity contribution >= 4 is 5.91 Å². The zero-order valence-corrected chi connectivity index (χ0v) is 12.8. The molecule has 0 saturated carbocycles. The molecule has 1 aliphatic heterocycles. The van der Waals surface area contributed by atoms with E-state index in [2.05, 4.69) is 5.32 Å². The van der Waals surface area contributed by atoms with E-state index in [0.717, 1.165) is 6.42 Å². The number of hydrogen-bond acceptors (Lipinski definition) is 3. The molecule has 1 unspecified atom stereocenters. The highest BCUT2D eigenvalue weighted by Crippen LogP contribution is 2.34. The number of carbonyl (C=O) groups is 1. The molecule has 0 aromatic heterocycles. The van der Waals surface area contributed by atoms with Crippen LogP contribution in [0.2, 0.25) is 0 Å². The lowest BCUT2D eigenvalue weighted by Crippen LogP contribution is -2.55. The summed E-state index contributed by atoms with van der Waals surface area (Å²) in [7, 11) is 0. The Morgan fingerprint density at radius 3 is 2.33 bits per heavy atom. The van der Waals surface area contributed by atoms with Crippen LogP contribution in [0.15, 0.2) is 0 Å². The predicted octanol–water partition coefficient (Wildman–Crippen LogP) is 1.89. The van der Waals surface area contributed by atoms with Crippen LogP contribution in [-0.2, 0) is 4.79 Å². The van der Waals surface area contributed by atoms with Crippen molar-refractivity contribution in [2.75, 3.05) is 26.2 Å². The van der Waals surface area contributed by atoms with Gasteiger partial charge in [0.25, 0.3) is 0 Å². The molecule has 124 valence electrons. The smallest absolute Gasteiger partial charge is 0.368 e. The van der Waals surface area contributed by atoms with Gasteiger partial charge in [-0.1, -0.05) is 6.92 Å². The zero-order valence-electron chi connectivity index (χ0n) is 12.8. The maximum absolute atomic E-state index is 12.6. The summed E-state index contributed by atoms with van der Waals surface area (Å²) < 4.78 is 37.8. The average molecular weight is 309 g/mol. The molecule has 0 aromatic rings. The van der Waals surface area contributed by atoms with E-state index in [-0.39, 0.29) is 12.8 Å². The van der Waals surface area contributed by atoms with Gasteiger partial charge >= 0.3 is 6.18 Å². The molecule has 7 heteroatoms. The molecular weight excluding hydrogens is 283 g/mol. The number of nitrogens with two attached hydrogens (primary N) is 1. The summed E-state index contributed by atoms with van der Waals surface area (Å²) in [6.07, 6.45) is -2.41. The van der Waals surface area contributed by atoms with Gasteiger partial charge in [-0.05, 0) is 52.2 Å². The quantitative estimate of drug-likeness (QED) is 0.755. The Balaban J connectivity index is 2.43. The first-order valence-corrected chi connectivity index (χ1v) is 7.53. The number of rotatable bonds is 7. The summed E-state index contributed by atoms with van der Waals surface area (Å²) >= 11 is 0. The molecule has 0 spiro atoms. The van der Waals surface area contributed by atoms with E-state index < -0.39 is 23.5 Å². The molecule has 1 amide bonds. The highest BCUT2D eigenvalue weighted by molar-refractivity contribution is 5.84. The van der Waals surface area contributed by atoms with E-state index >= 15 is 0 Å². The third-order valence-electron chi connectivity index (χ3n) is 4.29. The third kappa shape index (κ3) is 5.47. The van der Waals surface area contributed by atoms with Gasteiger partial charge in [0, 0.05) is 6.54 Å². The number of amides is 1. The third-order valence-corrected chi connectivity index (χ3v) is 4.29. The minimum atomic E-state index is -4.09. The second-order valence-electron chi connectivity index (χ2n) is 6.03. The number of nitrogens with zero attached hydrogens (tertiary/aromatic N) is 1. The Bertz CT molecular complexity index is 341. The zero-order chi connectivity index (χ0) is 16.1. The summed E-state index contributed by atoms with van der Waals surface area (Å²) in [4.78, 5) is 13.6. The molecule has 0 radical (unpaired) electrons. The monoisotopic (exact) mass is 309 g/mol. The number of nitrogens with one attached hydrogen (secondary N) is 1. The Kier molecular flexibility index (Phi) is 6.46. The Morgan fingerprint density at radius 2 is 1.90 bits per heavy atom. The molecule has 4 nitrogen and oxygen atoms in total. The van der Waals surface area contributed by atoms with Gasteiger partial charge in [0.1, 0.15) is 0 Å². The van der Waals surface area contributed by atoms with E-state index in [4.69, 9.17) is 5.73 Å². The highest BCUT2D eigenvalue weighted by Gasteiger charge is 2.41. The van der Waals surface area contributed by atoms with Gasteiger partial charge in [0.2, 0.25) is 5.91 Å². The molecule has 0 bridgehead atoms. The van der Waals surface area contributed by atoms with Crippen molar-refractivity contribution in [3.05, 3.63) is 0 Å². The maximum atomic E-state index is 12.6. The minimum Gasteiger partial charge on any atom is -0.368 e. The molecule has 0 aliphatic carbocycles. The fourth-order valence-electron chi connectivity index (χ4n) is 2.57. The van der Waals surface area contributed by atoms with Crippen LogP contribution in [0.1, 0.15) is 39.5 Å². The van der Waals surface area contributed by atoms with Crippen LogP contribution in [0.3, 0.4) is 0 Å². The molecule has 1 heterocycles. The van der Waals surface area contributed by atoms with E-state index in [1.807, 2.05) is 11.8 Å². The first-order chi connectivity index (χ1) is 9.69. The Morgan fingerprint density at radius 1 is 1.33 bits per heavy atom. The summed E-state index contributed by atoms with van der Waals surface area (Å²) in [6.45, 7) is 5.87. The van der Waals surface area contributed by atoms with Crippen LogP contribution >= 0.6 is 0 Å². The summed E-state index contributed by atoms with van der Waals surface area (Å²) in [6, 6.07) is 0. The molecule has 1 atom stereocenters. The molecule has 1 rings (SSSR count). The van der Waals surface area contributed by atoms with Gasteiger partial charge in [0.05, 0.1) is 11.5 Å². The van der Waals surface area contributed by atoms with E-state index in [1.165, 1.54) is 0 Å². The predicted molar refractivity (Wildman–Crippen MR) is 75.7 cm³/mol. The summed E-state index contributed by atoms with van der Waals surface area (Å²) in [5.41, 5.74) is 4.64. The van der Waals surface area contributed by atoms with Gasteiger partial charge < -0.3 is 16.0 Å². The number of piperidine rings is 1. The SMILES string of the molecule is CCCNC(C)(CCN1CCC(C(F)(F)F)CC1)C(N)=O. The number of hydrogen-bond donors (Lipinski definition) is 2. The molecular formula is C14H26F3N3O. The Hall–Kier alpha value is -0.820. The van der Waals surface area contributed by atoms with Crippen LogP contribution in [0.5, 0.6) is 0 Å². The summed E-state index contributed by atoms with van der Waals surface area (Å²) in [5, 5.41) is 3.14. The lowest BCUT2D eigenvalue weighted by Gasteiger charge is -2.35. The van der Waals surface area contributed by atoms with Crippen LogP contribution in [0.4, 0.5) is 13.2 Å². The molecule has 1 aliphatic rings. The fourth-order valence-corrected chi connectivity index (χ4v) is 2.57. The lowest BCUT2D eigenvalue weighted by molar-refractivity contribution is -0.185. The molecule has 21 heavy (non-hydrogen) atoms. The van der Waals surface area contributed by atoms with Crippen molar-refractivity contribution in [3.63, 3.8) is 0 Å². The van der Waals surface area contributed by atoms with Crippen molar-refractivity contribution in [2.24, 2.45) is 11.7 Å². The topological polar surface area (TPSA) is 58.4 Å². The Labute approximate surface area is 124 Å². The van der Waals surface area contributed by atoms with Crippen LogP contribution in [0.25, 0.3) is 0 Å².